The average Bonchev–Trinajstić information content (AvgIpc) is 2.36. The summed E-state index contributed by atoms with van der Waals surface area (Å²) < 4.78 is 5.16. The summed E-state index contributed by atoms with van der Waals surface area (Å²) in [5.74, 6) is -0.778. The molecule has 0 aromatic rings. The number of aliphatic hydroxyl groups excluding tert-OH is 1. The Labute approximate surface area is 108 Å². The van der Waals surface area contributed by atoms with Crippen LogP contribution in [0.1, 0.15) is 13.8 Å². The second kappa shape index (κ2) is 7.68. The number of hydrogen-bond donors (Lipinski definition) is 2. The van der Waals surface area contributed by atoms with Crippen molar-refractivity contribution in [1.82, 2.24) is 9.80 Å². The molecule has 1 heterocycles. The van der Waals surface area contributed by atoms with Crippen LogP contribution in [0.2, 0.25) is 0 Å². The third-order valence-electron chi connectivity index (χ3n) is 3.30. The maximum Gasteiger partial charge on any atom is 0.320 e. The van der Waals surface area contributed by atoms with Crippen LogP contribution in [-0.2, 0) is 9.53 Å². The lowest BCUT2D eigenvalue weighted by Gasteiger charge is -2.37. The number of nitrogens with zero attached hydrogens (tertiary/aromatic N) is 2. The highest BCUT2D eigenvalue weighted by molar-refractivity contribution is 5.72. The maximum absolute atomic E-state index is 10.9. The predicted molar refractivity (Wildman–Crippen MR) is 67.6 cm³/mol. The Morgan fingerprint density at radius 3 is 2.44 bits per heavy atom. The first kappa shape index (κ1) is 15.4. The molecule has 0 amide bonds. The molecule has 6 nitrogen and oxygen atoms in total. The van der Waals surface area contributed by atoms with E-state index in [2.05, 4.69) is 4.90 Å². The van der Waals surface area contributed by atoms with Crippen LogP contribution in [0.4, 0.5) is 0 Å². The lowest BCUT2D eigenvalue weighted by molar-refractivity contribution is -0.143. The molecule has 0 bridgehead atoms. The molecule has 1 aliphatic heterocycles. The second-order valence-corrected chi connectivity index (χ2v) is 4.66. The van der Waals surface area contributed by atoms with Crippen LogP contribution in [0.3, 0.4) is 0 Å². The summed E-state index contributed by atoms with van der Waals surface area (Å²) in [6.07, 6.45) is -0.464. The minimum absolute atomic E-state index is 0.363. The van der Waals surface area contributed by atoms with E-state index in [0.29, 0.717) is 19.8 Å². The summed E-state index contributed by atoms with van der Waals surface area (Å²) in [6.45, 7) is 8.23. The molecule has 1 saturated heterocycles. The summed E-state index contributed by atoms with van der Waals surface area (Å²) in [7, 11) is 0. The Hall–Kier alpha value is -0.690. The highest BCUT2D eigenvalue weighted by atomic mass is 16.5. The molecule has 18 heavy (non-hydrogen) atoms. The minimum Gasteiger partial charge on any atom is -0.480 e. The molecule has 0 spiro atoms. The summed E-state index contributed by atoms with van der Waals surface area (Å²) in [5, 5.41) is 18.7. The van der Waals surface area contributed by atoms with Crippen molar-refractivity contribution in [2.75, 3.05) is 45.9 Å². The van der Waals surface area contributed by atoms with Gasteiger partial charge in [-0.1, -0.05) is 0 Å². The molecule has 0 aromatic carbocycles. The Balaban J connectivity index is 2.24. The molecule has 0 aliphatic carbocycles. The van der Waals surface area contributed by atoms with Gasteiger partial charge in [0, 0.05) is 39.3 Å². The first-order valence-corrected chi connectivity index (χ1v) is 6.49. The normalized spacial score (nSPS) is 21.7. The van der Waals surface area contributed by atoms with Crippen molar-refractivity contribution < 1.29 is 19.7 Å². The number of carboxylic acids is 1. The van der Waals surface area contributed by atoms with E-state index in [1.807, 2.05) is 11.8 Å². The number of piperazine rings is 1. The van der Waals surface area contributed by atoms with Crippen molar-refractivity contribution in [2.45, 2.75) is 26.0 Å². The van der Waals surface area contributed by atoms with E-state index in [4.69, 9.17) is 9.84 Å². The zero-order valence-corrected chi connectivity index (χ0v) is 11.2. The summed E-state index contributed by atoms with van der Waals surface area (Å²) >= 11 is 0. The van der Waals surface area contributed by atoms with Crippen LogP contribution in [0.25, 0.3) is 0 Å². The first-order valence-electron chi connectivity index (χ1n) is 6.49. The van der Waals surface area contributed by atoms with E-state index in [1.165, 1.54) is 0 Å². The molecule has 2 unspecified atom stereocenters. The molecule has 106 valence electrons. The number of ether oxygens (including phenoxy) is 1. The number of carbonyl (C=O) groups is 1. The summed E-state index contributed by atoms with van der Waals surface area (Å²) in [6, 6.07) is -0.430. The van der Waals surface area contributed by atoms with E-state index in [1.54, 1.807) is 6.92 Å². The van der Waals surface area contributed by atoms with Gasteiger partial charge in [-0.2, -0.15) is 0 Å². The summed E-state index contributed by atoms with van der Waals surface area (Å²) in [4.78, 5) is 15.0. The monoisotopic (exact) mass is 260 g/mol. The van der Waals surface area contributed by atoms with Gasteiger partial charge in [-0.3, -0.25) is 14.6 Å². The van der Waals surface area contributed by atoms with Crippen molar-refractivity contribution in [3.63, 3.8) is 0 Å². The molecule has 2 N–H and O–H groups in total. The fourth-order valence-electron chi connectivity index (χ4n) is 2.09. The lowest BCUT2D eigenvalue weighted by atomic mass is 10.2. The van der Waals surface area contributed by atoms with Gasteiger partial charge >= 0.3 is 5.97 Å². The molecule has 0 saturated carbocycles. The van der Waals surface area contributed by atoms with Crippen LogP contribution in [0, 0.1) is 0 Å². The zero-order valence-electron chi connectivity index (χ0n) is 11.2. The Morgan fingerprint density at radius 2 is 1.94 bits per heavy atom. The topological polar surface area (TPSA) is 73.2 Å². The highest BCUT2D eigenvalue weighted by Gasteiger charge is 2.25. The predicted octanol–water partition coefficient (Wildman–Crippen LogP) is -0.525. The quantitative estimate of drug-likeness (QED) is 0.641. The van der Waals surface area contributed by atoms with Gasteiger partial charge in [0.15, 0.2) is 0 Å². The number of aliphatic hydroxyl groups is 1. The third-order valence-corrected chi connectivity index (χ3v) is 3.30. The molecule has 2 atom stereocenters. The maximum atomic E-state index is 10.9. The Bertz CT molecular complexity index is 254. The largest absolute Gasteiger partial charge is 0.480 e. The SMILES string of the molecule is CCOCC(O)CN1CCN(C(C)C(=O)O)CC1. The first-order chi connectivity index (χ1) is 8.54. The minimum atomic E-state index is -0.778. The van der Waals surface area contributed by atoms with Crippen molar-refractivity contribution in [2.24, 2.45) is 0 Å². The van der Waals surface area contributed by atoms with Crippen LogP contribution in [0.5, 0.6) is 0 Å². The molecule has 1 rings (SSSR count). The van der Waals surface area contributed by atoms with Gasteiger partial charge in [0.25, 0.3) is 0 Å². The highest BCUT2D eigenvalue weighted by Crippen LogP contribution is 2.07. The molecular weight excluding hydrogens is 236 g/mol. The number of β-amino-alcohol motifs (C(OH)–C–C–N with tert-alkyl or cyclic N) is 1. The van der Waals surface area contributed by atoms with Crippen LogP contribution in [-0.4, -0.2) is 84.1 Å². The summed E-state index contributed by atoms with van der Waals surface area (Å²) in [5.41, 5.74) is 0. The van der Waals surface area contributed by atoms with E-state index in [9.17, 15) is 9.90 Å². The van der Waals surface area contributed by atoms with Crippen molar-refractivity contribution in [3.05, 3.63) is 0 Å². The molecular formula is C12H24N2O4. The van der Waals surface area contributed by atoms with Gasteiger partial charge in [-0.25, -0.2) is 0 Å². The number of rotatable bonds is 7. The number of aliphatic carboxylic acids is 1. The van der Waals surface area contributed by atoms with Crippen LogP contribution < -0.4 is 0 Å². The molecule has 0 aromatic heterocycles. The fraction of sp³-hybridized carbons (Fsp3) is 0.917. The van der Waals surface area contributed by atoms with Gasteiger partial charge in [-0.05, 0) is 13.8 Å². The third kappa shape index (κ3) is 4.89. The van der Waals surface area contributed by atoms with Gasteiger partial charge in [0.1, 0.15) is 6.04 Å². The van der Waals surface area contributed by atoms with Gasteiger partial charge in [0.05, 0.1) is 12.7 Å². The molecule has 1 aliphatic rings. The lowest BCUT2D eigenvalue weighted by Crippen LogP contribution is -2.53. The van der Waals surface area contributed by atoms with Crippen molar-refractivity contribution >= 4 is 5.97 Å². The van der Waals surface area contributed by atoms with E-state index in [0.717, 1.165) is 26.2 Å². The van der Waals surface area contributed by atoms with E-state index < -0.39 is 18.1 Å². The van der Waals surface area contributed by atoms with Crippen molar-refractivity contribution in [3.8, 4) is 0 Å². The molecule has 6 heteroatoms. The Kier molecular flexibility index (Phi) is 6.56. The standard InChI is InChI=1S/C12H24N2O4/c1-3-18-9-11(15)8-13-4-6-14(7-5-13)10(2)12(16)17/h10-11,15H,3-9H2,1-2H3,(H,16,17). The number of hydrogen-bond acceptors (Lipinski definition) is 5. The second-order valence-electron chi connectivity index (χ2n) is 4.66. The molecule has 1 fully saturated rings. The van der Waals surface area contributed by atoms with Gasteiger partial charge in [0.2, 0.25) is 0 Å². The zero-order chi connectivity index (χ0) is 13.5. The fourth-order valence-corrected chi connectivity index (χ4v) is 2.09. The van der Waals surface area contributed by atoms with Gasteiger partial charge < -0.3 is 14.9 Å². The molecule has 0 radical (unpaired) electrons. The smallest absolute Gasteiger partial charge is 0.320 e. The Morgan fingerprint density at radius 1 is 1.33 bits per heavy atom. The van der Waals surface area contributed by atoms with Gasteiger partial charge in [-0.15, -0.1) is 0 Å². The van der Waals surface area contributed by atoms with E-state index in [-0.39, 0.29) is 0 Å². The van der Waals surface area contributed by atoms with Crippen molar-refractivity contribution in [1.29, 1.82) is 0 Å². The average molecular weight is 260 g/mol. The van der Waals surface area contributed by atoms with E-state index >= 15 is 0 Å². The van der Waals surface area contributed by atoms with Crippen LogP contribution in [0.15, 0.2) is 0 Å². The van der Waals surface area contributed by atoms with Crippen LogP contribution >= 0.6 is 0 Å². The number of carboxylic acid groups (broad SMARTS) is 1.